The minimum atomic E-state index is -0.121. The average Bonchev–Trinajstić information content (AvgIpc) is 2.80. The Balaban J connectivity index is 1.88. The third kappa shape index (κ3) is 3.35. The lowest BCUT2D eigenvalue weighted by Crippen LogP contribution is -2.08. The van der Waals surface area contributed by atoms with E-state index in [1.165, 1.54) is 0 Å². The molecule has 1 N–H and O–H groups in total. The van der Waals surface area contributed by atoms with Gasteiger partial charge in [-0.1, -0.05) is 28.4 Å². The van der Waals surface area contributed by atoms with Crippen LogP contribution in [0.3, 0.4) is 0 Å². The molecule has 2 aromatic rings. The molecule has 0 aliphatic rings. The van der Waals surface area contributed by atoms with Gasteiger partial charge in [-0.2, -0.15) is 0 Å². The van der Waals surface area contributed by atoms with Crippen LogP contribution < -0.4 is 4.74 Å². The molecule has 1 heterocycles. The summed E-state index contributed by atoms with van der Waals surface area (Å²) in [5.41, 5.74) is 0.527. The molecule has 0 aliphatic heterocycles. The van der Waals surface area contributed by atoms with Gasteiger partial charge in [0.15, 0.2) is 0 Å². The maximum Gasteiger partial charge on any atom is 0.138 e. The van der Waals surface area contributed by atoms with Crippen molar-refractivity contribution in [1.82, 2.24) is 15.0 Å². The second-order valence-electron chi connectivity index (χ2n) is 3.55. The van der Waals surface area contributed by atoms with E-state index < -0.39 is 0 Å². The fourth-order valence-electron chi connectivity index (χ4n) is 1.36. The lowest BCUT2D eigenvalue weighted by atomic mass is 10.3. The van der Waals surface area contributed by atoms with E-state index in [4.69, 9.17) is 33.0 Å². The summed E-state index contributed by atoms with van der Waals surface area (Å²) in [5.74, 6) is 0.573. The second-order valence-corrected chi connectivity index (χ2v) is 4.40. The van der Waals surface area contributed by atoms with Crippen molar-refractivity contribution < 1.29 is 9.84 Å². The van der Waals surface area contributed by atoms with Crippen molar-refractivity contribution in [2.24, 2.45) is 0 Å². The summed E-state index contributed by atoms with van der Waals surface area (Å²) < 4.78 is 7.09. The van der Waals surface area contributed by atoms with Crippen LogP contribution in [0.2, 0.25) is 10.0 Å². The van der Waals surface area contributed by atoms with E-state index >= 15 is 0 Å². The summed E-state index contributed by atoms with van der Waals surface area (Å²) in [4.78, 5) is 0. The van der Waals surface area contributed by atoms with Crippen LogP contribution in [0.25, 0.3) is 0 Å². The highest BCUT2D eigenvalue weighted by Gasteiger charge is 2.03. The van der Waals surface area contributed by atoms with Crippen LogP contribution >= 0.6 is 23.2 Å². The van der Waals surface area contributed by atoms with Crippen molar-refractivity contribution >= 4 is 23.2 Å². The largest absolute Gasteiger partial charge is 0.490 e. The van der Waals surface area contributed by atoms with E-state index in [0.29, 0.717) is 34.6 Å². The molecule has 1 aromatic heterocycles. The number of ether oxygens (including phenoxy) is 1. The maximum atomic E-state index is 8.84. The van der Waals surface area contributed by atoms with Gasteiger partial charge in [0.2, 0.25) is 0 Å². The Labute approximate surface area is 114 Å². The smallest absolute Gasteiger partial charge is 0.138 e. The monoisotopic (exact) mass is 287 g/mol. The molecule has 0 unspecified atom stereocenters. The third-order valence-electron chi connectivity index (χ3n) is 2.22. The summed E-state index contributed by atoms with van der Waals surface area (Å²) in [6.07, 6.45) is 1.66. The van der Waals surface area contributed by atoms with Crippen molar-refractivity contribution in [2.75, 3.05) is 6.61 Å². The Hall–Kier alpha value is -1.30. The van der Waals surface area contributed by atoms with Crippen molar-refractivity contribution in [1.29, 1.82) is 0 Å². The van der Waals surface area contributed by atoms with Crippen LogP contribution in [-0.2, 0) is 13.2 Å². The molecule has 2 rings (SSSR count). The van der Waals surface area contributed by atoms with Gasteiger partial charge in [-0.15, -0.1) is 5.10 Å². The molecule has 18 heavy (non-hydrogen) atoms. The zero-order valence-electron chi connectivity index (χ0n) is 9.38. The predicted molar refractivity (Wildman–Crippen MR) is 67.9 cm³/mol. The van der Waals surface area contributed by atoms with Gasteiger partial charge in [0.05, 0.1) is 24.4 Å². The van der Waals surface area contributed by atoms with Gasteiger partial charge in [-0.05, 0) is 18.2 Å². The van der Waals surface area contributed by atoms with Crippen molar-refractivity contribution in [3.8, 4) is 5.75 Å². The van der Waals surface area contributed by atoms with Crippen molar-refractivity contribution in [3.05, 3.63) is 40.1 Å². The Morgan fingerprint density at radius 1 is 1.33 bits per heavy atom. The van der Waals surface area contributed by atoms with Gasteiger partial charge in [0.25, 0.3) is 0 Å². The topological polar surface area (TPSA) is 60.2 Å². The molecular formula is C11H11Cl2N3O2. The number of nitrogens with zero attached hydrogens (tertiary/aromatic N) is 3. The molecule has 0 aliphatic carbocycles. The maximum absolute atomic E-state index is 8.84. The highest BCUT2D eigenvalue weighted by atomic mass is 35.5. The minimum Gasteiger partial charge on any atom is -0.490 e. The molecule has 0 fully saturated rings. The molecule has 0 amide bonds. The molecule has 1 aromatic carbocycles. The standard InChI is InChI=1S/C11H11Cl2N3O2/c12-8-1-2-11(10(13)5-8)18-4-3-16-6-9(7-17)14-15-16/h1-2,5-6,17H,3-4,7H2. The number of halogens is 2. The summed E-state index contributed by atoms with van der Waals surface area (Å²) in [5, 5.41) is 17.5. The molecule has 0 bridgehead atoms. The van der Waals surface area contributed by atoms with E-state index in [-0.39, 0.29) is 6.61 Å². The first-order chi connectivity index (χ1) is 8.69. The van der Waals surface area contributed by atoms with Gasteiger partial charge in [-0.3, -0.25) is 0 Å². The lowest BCUT2D eigenvalue weighted by Gasteiger charge is -2.07. The normalized spacial score (nSPS) is 10.6. The third-order valence-corrected chi connectivity index (χ3v) is 2.75. The summed E-state index contributed by atoms with van der Waals surface area (Å²) in [6, 6.07) is 5.05. The van der Waals surface area contributed by atoms with Crippen LogP contribution in [0.1, 0.15) is 5.69 Å². The molecule has 0 atom stereocenters. The van der Waals surface area contributed by atoms with Crippen molar-refractivity contribution in [2.45, 2.75) is 13.2 Å². The van der Waals surface area contributed by atoms with E-state index in [0.717, 1.165) is 0 Å². The highest BCUT2D eigenvalue weighted by Crippen LogP contribution is 2.27. The number of benzene rings is 1. The number of aliphatic hydroxyl groups excluding tert-OH is 1. The summed E-state index contributed by atoms with van der Waals surface area (Å²) in [7, 11) is 0. The van der Waals surface area contributed by atoms with Gasteiger partial charge in [-0.25, -0.2) is 4.68 Å². The van der Waals surface area contributed by atoms with Gasteiger partial charge in [0.1, 0.15) is 18.1 Å². The molecule has 96 valence electrons. The second kappa shape index (κ2) is 6.04. The molecule has 5 nitrogen and oxygen atoms in total. The SMILES string of the molecule is OCc1cn(CCOc2ccc(Cl)cc2Cl)nn1. The Kier molecular flexibility index (Phi) is 4.41. The van der Waals surface area contributed by atoms with Gasteiger partial charge < -0.3 is 9.84 Å². The average molecular weight is 288 g/mol. The van der Waals surface area contributed by atoms with Crippen LogP contribution in [0, 0.1) is 0 Å². The zero-order chi connectivity index (χ0) is 13.0. The van der Waals surface area contributed by atoms with E-state index in [1.807, 2.05) is 0 Å². The van der Waals surface area contributed by atoms with Gasteiger partial charge in [0, 0.05) is 5.02 Å². The molecule has 0 saturated heterocycles. The fraction of sp³-hybridized carbons (Fsp3) is 0.273. The summed E-state index contributed by atoms with van der Waals surface area (Å²) >= 11 is 11.7. The van der Waals surface area contributed by atoms with E-state index in [2.05, 4.69) is 10.3 Å². The zero-order valence-corrected chi connectivity index (χ0v) is 10.9. The first-order valence-electron chi connectivity index (χ1n) is 5.27. The van der Waals surface area contributed by atoms with E-state index in [1.54, 1.807) is 29.1 Å². The highest BCUT2D eigenvalue weighted by molar-refractivity contribution is 6.35. The number of aliphatic hydroxyl groups is 1. The van der Waals surface area contributed by atoms with Crippen LogP contribution in [0.5, 0.6) is 5.75 Å². The lowest BCUT2D eigenvalue weighted by molar-refractivity contribution is 0.276. The molecule has 7 heteroatoms. The first kappa shape index (κ1) is 13.1. The van der Waals surface area contributed by atoms with Crippen LogP contribution in [-0.4, -0.2) is 26.7 Å². The Morgan fingerprint density at radius 2 is 2.17 bits per heavy atom. The first-order valence-corrected chi connectivity index (χ1v) is 6.02. The van der Waals surface area contributed by atoms with Crippen molar-refractivity contribution in [3.63, 3.8) is 0 Å². The number of aromatic nitrogens is 3. The minimum absolute atomic E-state index is 0.121. The summed E-state index contributed by atoms with van der Waals surface area (Å²) in [6.45, 7) is 0.797. The van der Waals surface area contributed by atoms with E-state index in [9.17, 15) is 0 Å². The van der Waals surface area contributed by atoms with Gasteiger partial charge >= 0.3 is 0 Å². The fourth-order valence-corrected chi connectivity index (χ4v) is 1.82. The number of hydrogen-bond acceptors (Lipinski definition) is 4. The van der Waals surface area contributed by atoms with Crippen LogP contribution in [0.15, 0.2) is 24.4 Å². The molecular weight excluding hydrogens is 277 g/mol. The van der Waals surface area contributed by atoms with Crippen LogP contribution in [0.4, 0.5) is 0 Å². The molecule has 0 radical (unpaired) electrons. The predicted octanol–water partition coefficient (Wildman–Crippen LogP) is 2.16. The Bertz CT molecular complexity index is 531. The quantitative estimate of drug-likeness (QED) is 0.915. The Morgan fingerprint density at radius 3 is 2.83 bits per heavy atom. The molecule has 0 saturated carbocycles. The number of rotatable bonds is 5. The molecule has 0 spiro atoms. The number of hydrogen-bond donors (Lipinski definition) is 1.